The highest BCUT2D eigenvalue weighted by Crippen LogP contribution is 2.23. The van der Waals surface area contributed by atoms with Gasteiger partial charge in [0.2, 0.25) is 0 Å². The molecular weight excluding hydrogens is 154 g/mol. The molecule has 0 aliphatic carbocycles. The second-order valence-electron chi connectivity index (χ2n) is 1.51. The summed E-state index contributed by atoms with van der Waals surface area (Å²) in [6.45, 7) is 0. The molecule has 1 rings (SSSR count). The van der Waals surface area contributed by atoms with E-state index in [9.17, 15) is 0 Å². The highest BCUT2D eigenvalue weighted by Gasteiger charge is 2.04. The molecule has 1 nitrogen and oxygen atoms in total. The number of hydrogen-bond donors (Lipinski definition) is 0. The summed E-state index contributed by atoms with van der Waals surface area (Å²) in [5, 5.41) is 9.77. The number of hydrogen-bond acceptors (Lipinski definition) is 2. The third-order valence-corrected chi connectivity index (χ3v) is 2.31. The summed E-state index contributed by atoms with van der Waals surface area (Å²) in [6, 6.07) is 5.68. The van der Waals surface area contributed by atoms with Crippen LogP contribution in [0, 0.1) is 11.3 Å². The maximum absolute atomic E-state index is 8.33. The van der Waals surface area contributed by atoms with Crippen molar-refractivity contribution in [3.05, 3.63) is 22.4 Å². The van der Waals surface area contributed by atoms with E-state index in [1.165, 1.54) is 11.3 Å². The van der Waals surface area contributed by atoms with Crippen LogP contribution in [0.15, 0.2) is 17.5 Å². The number of nitrogens with zero attached hydrogens (tertiary/aromatic N) is 1. The fraction of sp³-hybridized carbons (Fsp3) is 0.167. The second kappa shape index (κ2) is 2.86. The largest absolute Gasteiger partial charge is 0.196 e. The minimum absolute atomic E-state index is 0.468. The van der Waals surface area contributed by atoms with Crippen molar-refractivity contribution in [2.24, 2.45) is 0 Å². The Kier molecular flexibility index (Phi) is 2.10. The van der Waals surface area contributed by atoms with Crippen LogP contribution in [0.1, 0.15) is 10.3 Å². The van der Waals surface area contributed by atoms with Crippen molar-refractivity contribution in [1.29, 1.82) is 5.26 Å². The predicted octanol–water partition coefficient (Wildman–Crippen LogP) is 2.55. The molecule has 0 aliphatic heterocycles. The van der Waals surface area contributed by atoms with Crippen molar-refractivity contribution in [3.63, 3.8) is 0 Å². The van der Waals surface area contributed by atoms with Crippen LogP contribution in [0.2, 0.25) is 0 Å². The van der Waals surface area contributed by atoms with Crippen molar-refractivity contribution in [1.82, 2.24) is 0 Å². The predicted molar refractivity (Wildman–Crippen MR) is 38.5 cm³/mol. The summed E-state index contributed by atoms with van der Waals surface area (Å²) in [5.74, 6) is 0. The maximum atomic E-state index is 8.33. The lowest BCUT2D eigenvalue weighted by Gasteiger charge is -1.89. The van der Waals surface area contributed by atoms with Crippen LogP contribution >= 0.6 is 22.9 Å². The van der Waals surface area contributed by atoms with E-state index in [0.717, 1.165) is 4.88 Å². The van der Waals surface area contributed by atoms with Crippen molar-refractivity contribution < 1.29 is 0 Å². The minimum atomic E-state index is -0.468. The van der Waals surface area contributed by atoms with Gasteiger partial charge in [0, 0.05) is 4.88 Å². The van der Waals surface area contributed by atoms with Crippen LogP contribution in [0.3, 0.4) is 0 Å². The van der Waals surface area contributed by atoms with E-state index in [1.807, 2.05) is 23.6 Å². The zero-order valence-electron chi connectivity index (χ0n) is 4.54. The molecule has 9 heavy (non-hydrogen) atoms. The Morgan fingerprint density at radius 1 is 1.78 bits per heavy atom. The molecule has 1 atom stereocenters. The first-order valence-electron chi connectivity index (χ1n) is 2.41. The minimum Gasteiger partial charge on any atom is -0.196 e. The Hall–Kier alpha value is -0.520. The Bertz CT molecular complexity index is 211. The Morgan fingerprint density at radius 3 is 3.00 bits per heavy atom. The third-order valence-electron chi connectivity index (χ3n) is 0.906. The van der Waals surface area contributed by atoms with Gasteiger partial charge in [0.05, 0.1) is 6.07 Å². The molecule has 0 N–H and O–H groups in total. The van der Waals surface area contributed by atoms with Crippen LogP contribution in [-0.2, 0) is 0 Å². The molecule has 3 heteroatoms. The molecule has 0 saturated heterocycles. The molecule has 0 saturated carbocycles. The molecule has 0 amide bonds. The van der Waals surface area contributed by atoms with E-state index in [0.29, 0.717) is 0 Å². The summed E-state index contributed by atoms with van der Waals surface area (Å²) in [5.41, 5.74) is 0. The van der Waals surface area contributed by atoms with Crippen molar-refractivity contribution in [3.8, 4) is 6.07 Å². The fourth-order valence-corrected chi connectivity index (χ4v) is 1.37. The first-order valence-corrected chi connectivity index (χ1v) is 3.73. The lowest BCUT2D eigenvalue weighted by Crippen LogP contribution is -1.76. The molecule has 0 aromatic carbocycles. The van der Waals surface area contributed by atoms with Gasteiger partial charge in [0.15, 0.2) is 5.38 Å². The van der Waals surface area contributed by atoms with E-state index in [-0.39, 0.29) is 0 Å². The monoisotopic (exact) mass is 157 g/mol. The van der Waals surface area contributed by atoms with E-state index in [1.54, 1.807) is 0 Å². The molecule has 1 aromatic heterocycles. The lowest BCUT2D eigenvalue weighted by molar-refractivity contribution is 1.27. The molecule has 0 bridgehead atoms. The fourth-order valence-electron chi connectivity index (χ4n) is 0.499. The van der Waals surface area contributed by atoms with Crippen molar-refractivity contribution >= 4 is 22.9 Å². The quantitative estimate of drug-likeness (QED) is 0.575. The van der Waals surface area contributed by atoms with Gasteiger partial charge < -0.3 is 0 Å². The highest BCUT2D eigenvalue weighted by atomic mass is 35.5. The summed E-state index contributed by atoms with van der Waals surface area (Å²) in [6.07, 6.45) is 0. The normalized spacial score (nSPS) is 12.4. The lowest BCUT2D eigenvalue weighted by atomic mass is 10.4. The molecule has 0 spiro atoms. The van der Waals surface area contributed by atoms with Gasteiger partial charge in [-0.05, 0) is 11.4 Å². The molecule has 0 radical (unpaired) electrons. The van der Waals surface area contributed by atoms with E-state index < -0.39 is 5.38 Å². The Balaban J connectivity index is 2.80. The Labute approximate surface area is 62.5 Å². The van der Waals surface area contributed by atoms with Gasteiger partial charge in [-0.15, -0.1) is 22.9 Å². The summed E-state index contributed by atoms with van der Waals surface area (Å²) >= 11 is 7.08. The van der Waals surface area contributed by atoms with Gasteiger partial charge in [-0.2, -0.15) is 5.26 Å². The molecule has 46 valence electrons. The molecule has 0 fully saturated rings. The first kappa shape index (κ1) is 6.60. The van der Waals surface area contributed by atoms with Crippen LogP contribution in [0.25, 0.3) is 0 Å². The van der Waals surface area contributed by atoms with Crippen molar-refractivity contribution in [2.75, 3.05) is 0 Å². The maximum Gasteiger partial charge on any atom is 0.154 e. The van der Waals surface area contributed by atoms with Crippen LogP contribution in [0.5, 0.6) is 0 Å². The van der Waals surface area contributed by atoms with E-state index in [4.69, 9.17) is 16.9 Å². The standard InChI is InChI=1S/C6H4ClNS/c7-5(4-8)6-2-1-3-9-6/h1-3,5H. The SMILES string of the molecule is N#CC(Cl)c1cccs1. The number of halogens is 1. The van der Waals surface area contributed by atoms with Crippen molar-refractivity contribution in [2.45, 2.75) is 5.38 Å². The Morgan fingerprint density at radius 2 is 2.56 bits per heavy atom. The van der Waals surface area contributed by atoms with Gasteiger partial charge in [-0.3, -0.25) is 0 Å². The number of nitriles is 1. The van der Waals surface area contributed by atoms with Crippen LogP contribution < -0.4 is 0 Å². The summed E-state index contributed by atoms with van der Waals surface area (Å²) in [4.78, 5) is 0.916. The van der Waals surface area contributed by atoms with Crippen LogP contribution in [-0.4, -0.2) is 0 Å². The smallest absolute Gasteiger partial charge is 0.154 e. The van der Waals surface area contributed by atoms with Gasteiger partial charge in [0.25, 0.3) is 0 Å². The second-order valence-corrected chi connectivity index (χ2v) is 2.92. The third kappa shape index (κ3) is 1.44. The first-order chi connectivity index (χ1) is 4.34. The van der Waals surface area contributed by atoms with E-state index >= 15 is 0 Å². The summed E-state index contributed by atoms with van der Waals surface area (Å²) in [7, 11) is 0. The number of thiophene rings is 1. The zero-order valence-corrected chi connectivity index (χ0v) is 6.12. The zero-order chi connectivity index (χ0) is 6.69. The van der Waals surface area contributed by atoms with Crippen LogP contribution in [0.4, 0.5) is 0 Å². The molecule has 0 aliphatic rings. The molecular formula is C6H4ClNS. The highest BCUT2D eigenvalue weighted by molar-refractivity contribution is 7.10. The van der Waals surface area contributed by atoms with Gasteiger partial charge in [0.1, 0.15) is 0 Å². The average molecular weight is 158 g/mol. The molecule has 1 unspecified atom stereocenters. The summed E-state index contributed by atoms with van der Waals surface area (Å²) < 4.78 is 0. The average Bonchev–Trinajstić information content (AvgIpc) is 2.37. The molecule has 1 heterocycles. The molecule has 1 aromatic rings. The van der Waals surface area contributed by atoms with Gasteiger partial charge >= 0.3 is 0 Å². The number of rotatable bonds is 1. The number of alkyl halides is 1. The van der Waals surface area contributed by atoms with Gasteiger partial charge in [-0.25, -0.2) is 0 Å². The van der Waals surface area contributed by atoms with Gasteiger partial charge in [-0.1, -0.05) is 6.07 Å². The topological polar surface area (TPSA) is 23.8 Å². The van der Waals surface area contributed by atoms with E-state index in [2.05, 4.69) is 0 Å².